The predicted octanol–water partition coefficient (Wildman–Crippen LogP) is 3.91. The molecule has 1 saturated heterocycles. The van der Waals surface area contributed by atoms with E-state index in [1.165, 1.54) is 30.9 Å². The number of likely N-dealkylation sites (tertiary alicyclic amines) is 1. The Morgan fingerprint density at radius 3 is 2.58 bits per heavy atom. The lowest BCUT2D eigenvalue weighted by Crippen LogP contribution is -2.49. The van der Waals surface area contributed by atoms with E-state index in [2.05, 4.69) is 0 Å². The van der Waals surface area contributed by atoms with Crippen LogP contribution in [-0.4, -0.2) is 42.3 Å². The summed E-state index contributed by atoms with van der Waals surface area (Å²) in [4.78, 5) is 14.0. The first kappa shape index (κ1) is 17.2. The quantitative estimate of drug-likeness (QED) is 0.759. The molecule has 3 rings (SSSR count). The highest BCUT2D eigenvalue weighted by molar-refractivity contribution is 6.32. The molecule has 0 bridgehead atoms. The van der Waals surface area contributed by atoms with Crippen molar-refractivity contribution in [2.45, 2.75) is 32.0 Å². The molecule has 2 aliphatic rings. The van der Waals surface area contributed by atoms with Gasteiger partial charge < -0.3 is 14.4 Å². The smallest absolute Gasteiger partial charge is 0.394 e. The van der Waals surface area contributed by atoms with Crippen molar-refractivity contribution in [2.75, 3.05) is 19.8 Å². The van der Waals surface area contributed by atoms with Crippen LogP contribution in [0.3, 0.4) is 0 Å². The minimum Gasteiger partial charge on any atom is -0.486 e. The molecule has 1 fully saturated rings. The van der Waals surface area contributed by atoms with Gasteiger partial charge in [-0.15, -0.1) is 0 Å². The van der Waals surface area contributed by atoms with Crippen LogP contribution >= 0.6 is 11.6 Å². The average Bonchev–Trinajstić information content (AvgIpc) is 2.81. The van der Waals surface area contributed by atoms with Gasteiger partial charge in [0.05, 0.1) is 10.9 Å². The van der Waals surface area contributed by atoms with Gasteiger partial charge in [-0.2, -0.15) is 13.2 Å². The van der Waals surface area contributed by atoms with Gasteiger partial charge in [-0.3, -0.25) is 4.79 Å². The summed E-state index contributed by atoms with van der Waals surface area (Å²) in [5.41, 5.74) is -1.13. The molecule has 1 amide bonds. The van der Waals surface area contributed by atoms with Gasteiger partial charge in [-0.25, -0.2) is 0 Å². The number of halogens is 4. The Bertz CT molecular complexity index is 675. The average molecular weight is 364 g/mol. The molecule has 24 heavy (non-hydrogen) atoms. The van der Waals surface area contributed by atoms with Crippen molar-refractivity contribution in [2.24, 2.45) is 5.92 Å². The normalized spacial score (nSPS) is 22.6. The Labute approximate surface area is 142 Å². The van der Waals surface area contributed by atoms with Crippen LogP contribution in [0.4, 0.5) is 13.2 Å². The first-order chi connectivity index (χ1) is 11.1. The lowest BCUT2D eigenvalue weighted by molar-refractivity contribution is -0.189. The molecule has 0 saturated carbocycles. The van der Waals surface area contributed by atoms with Crippen LogP contribution in [-0.2, 0) is 0 Å². The van der Waals surface area contributed by atoms with Crippen molar-refractivity contribution >= 4 is 17.5 Å². The molecule has 0 unspecified atom stereocenters. The fraction of sp³-hybridized carbons (Fsp3) is 0.562. The fourth-order valence-corrected chi connectivity index (χ4v) is 3.67. The Morgan fingerprint density at radius 2 is 1.96 bits per heavy atom. The minimum absolute atomic E-state index is 0.0437. The number of alkyl halides is 3. The number of carbonyl (C=O) groups is 1. The molecule has 0 N–H and O–H groups in total. The molecule has 0 aromatic heterocycles. The number of carbonyl (C=O) groups excluding carboxylic acids is 1. The SMILES string of the molecule is CC1(C)[C@@H](C(F)(F)F)CCN1C(=O)c1cc(Cl)c2c(c1)OCCO2. The largest absolute Gasteiger partial charge is 0.486 e. The van der Waals surface area contributed by atoms with Crippen LogP contribution in [0.5, 0.6) is 11.5 Å². The zero-order valence-electron chi connectivity index (χ0n) is 13.2. The number of benzene rings is 1. The van der Waals surface area contributed by atoms with Crippen LogP contribution in [0.2, 0.25) is 5.02 Å². The summed E-state index contributed by atoms with van der Waals surface area (Å²) in [5.74, 6) is -1.36. The Hall–Kier alpha value is -1.63. The van der Waals surface area contributed by atoms with E-state index in [1.54, 1.807) is 0 Å². The van der Waals surface area contributed by atoms with Gasteiger partial charge in [-0.05, 0) is 32.4 Å². The van der Waals surface area contributed by atoms with Crippen molar-refractivity contribution in [1.82, 2.24) is 4.90 Å². The molecule has 8 heteroatoms. The number of hydrogen-bond donors (Lipinski definition) is 0. The monoisotopic (exact) mass is 363 g/mol. The molecule has 4 nitrogen and oxygen atoms in total. The van der Waals surface area contributed by atoms with E-state index in [-0.39, 0.29) is 23.6 Å². The second kappa shape index (κ2) is 5.72. The van der Waals surface area contributed by atoms with Crippen LogP contribution in [0.15, 0.2) is 12.1 Å². The highest BCUT2D eigenvalue weighted by atomic mass is 35.5. The first-order valence-corrected chi connectivity index (χ1v) is 7.98. The molecule has 132 valence electrons. The van der Waals surface area contributed by atoms with E-state index < -0.39 is 23.5 Å². The Morgan fingerprint density at radius 1 is 1.29 bits per heavy atom. The van der Waals surface area contributed by atoms with Crippen molar-refractivity contribution < 1.29 is 27.4 Å². The van der Waals surface area contributed by atoms with E-state index in [4.69, 9.17) is 21.1 Å². The minimum atomic E-state index is -4.34. The van der Waals surface area contributed by atoms with Crippen LogP contribution < -0.4 is 9.47 Å². The fourth-order valence-electron chi connectivity index (χ4n) is 3.41. The molecule has 0 aliphatic carbocycles. The van der Waals surface area contributed by atoms with E-state index >= 15 is 0 Å². The number of fused-ring (bicyclic) bond motifs is 1. The molecule has 1 aromatic rings. The van der Waals surface area contributed by atoms with Crippen LogP contribution in [0, 0.1) is 5.92 Å². The molecule has 0 spiro atoms. The molecule has 2 heterocycles. The molecular weight excluding hydrogens is 347 g/mol. The predicted molar refractivity (Wildman–Crippen MR) is 81.7 cm³/mol. The summed E-state index contributed by atoms with van der Waals surface area (Å²) in [6.07, 6.45) is -4.45. The van der Waals surface area contributed by atoms with E-state index in [1.807, 2.05) is 0 Å². The van der Waals surface area contributed by atoms with E-state index in [9.17, 15) is 18.0 Å². The van der Waals surface area contributed by atoms with Crippen LogP contribution in [0.1, 0.15) is 30.6 Å². The van der Waals surface area contributed by atoms with Gasteiger partial charge in [0.25, 0.3) is 5.91 Å². The molecule has 1 aromatic carbocycles. The third-order valence-electron chi connectivity index (χ3n) is 4.67. The van der Waals surface area contributed by atoms with Crippen molar-refractivity contribution in [3.63, 3.8) is 0 Å². The van der Waals surface area contributed by atoms with E-state index in [0.29, 0.717) is 24.7 Å². The van der Waals surface area contributed by atoms with Gasteiger partial charge in [-0.1, -0.05) is 11.6 Å². The zero-order valence-corrected chi connectivity index (χ0v) is 14.0. The van der Waals surface area contributed by atoms with Crippen LogP contribution in [0.25, 0.3) is 0 Å². The zero-order chi connectivity index (χ0) is 17.7. The number of amides is 1. The van der Waals surface area contributed by atoms with Gasteiger partial charge >= 0.3 is 6.18 Å². The van der Waals surface area contributed by atoms with Gasteiger partial charge in [0.1, 0.15) is 13.2 Å². The summed E-state index contributed by atoms with van der Waals surface area (Å²) >= 11 is 6.11. The molecule has 2 aliphatic heterocycles. The summed E-state index contributed by atoms with van der Waals surface area (Å²) in [7, 11) is 0. The van der Waals surface area contributed by atoms with Crippen molar-refractivity contribution in [3.05, 3.63) is 22.7 Å². The highest BCUT2D eigenvalue weighted by Crippen LogP contribution is 2.46. The van der Waals surface area contributed by atoms with Crippen molar-refractivity contribution in [1.29, 1.82) is 0 Å². The summed E-state index contributed by atoms with van der Waals surface area (Å²) in [6, 6.07) is 2.88. The first-order valence-electron chi connectivity index (χ1n) is 7.60. The van der Waals surface area contributed by atoms with Gasteiger partial charge in [0, 0.05) is 17.6 Å². The lowest BCUT2D eigenvalue weighted by Gasteiger charge is -2.37. The number of ether oxygens (including phenoxy) is 2. The summed E-state index contributed by atoms with van der Waals surface area (Å²) in [6.45, 7) is 3.60. The lowest BCUT2D eigenvalue weighted by atomic mass is 9.87. The van der Waals surface area contributed by atoms with Gasteiger partial charge in [0.15, 0.2) is 11.5 Å². The second-order valence-corrected chi connectivity index (χ2v) is 6.88. The van der Waals surface area contributed by atoms with Crippen molar-refractivity contribution in [3.8, 4) is 11.5 Å². The topological polar surface area (TPSA) is 38.8 Å². The number of hydrogen-bond acceptors (Lipinski definition) is 3. The molecular formula is C16H17ClF3NO3. The standard InChI is InChI=1S/C16H17ClF3NO3/c1-15(2)12(16(18,19)20)3-4-21(15)14(22)9-7-10(17)13-11(8-9)23-5-6-24-13/h7-8,12H,3-6H2,1-2H3/t12-/m0/s1. The van der Waals surface area contributed by atoms with E-state index in [0.717, 1.165) is 0 Å². The third-order valence-corrected chi connectivity index (χ3v) is 4.95. The molecule has 1 atom stereocenters. The Balaban J connectivity index is 1.91. The Kier molecular flexibility index (Phi) is 4.10. The summed E-state index contributed by atoms with van der Waals surface area (Å²) < 4.78 is 50.4. The number of rotatable bonds is 1. The maximum atomic E-state index is 13.2. The second-order valence-electron chi connectivity index (χ2n) is 6.48. The summed E-state index contributed by atoms with van der Waals surface area (Å²) in [5, 5.41) is 0.208. The highest BCUT2D eigenvalue weighted by Gasteiger charge is 2.56. The molecule has 0 radical (unpaired) electrons. The maximum Gasteiger partial charge on any atom is 0.394 e. The van der Waals surface area contributed by atoms with Gasteiger partial charge in [0.2, 0.25) is 0 Å². The maximum absolute atomic E-state index is 13.2. The third kappa shape index (κ3) is 2.79. The number of nitrogens with zero attached hydrogens (tertiary/aromatic N) is 1.